The van der Waals surface area contributed by atoms with E-state index < -0.39 is 24.1 Å². The summed E-state index contributed by atoms with van der Waals surface area (Å²) in [6.45, 7) is 6.52. The van der Waals surface area contributed by atoms with Gasteiger partial charge >= 0.3 is 11.9 Å². The fourth-order valence-electron chi connectivity index (χ4n) is 9.07. The minimum Gasteiger partial charge on any atom is -0.494 e. The lowest BCUT2D eigenvalue weighted by Gasteiger charge is -2.29. The van der Waals surface area contributed by atoms with E-state index in [1.165, 1.54) is 44.1 Å². The molecule has 13 heteroatoms. The molecule has 2 heterocycles. The first-order valence-corrected chi connectivity index (χ1v) is 24.6. The van der Waals surface area contributed by atoms with Crippen LogP contribution in [0, 0.1) is 28.6 Å². The zero-order valence-electron chi connectivity index (χ0n) is 40.3. The molecule has 0 spiro atoms. The van der Waals surface area contributed by atoms with Gasteiger partial charge in [-0.05, 0) is 159 Å². The lowest BCUT2D eigenvalue weighted by Crippen LogP contribution is -2.45. The van der Waals surface area contributed by atoms with Crippen LogP contribution in [0.5, 0.6) is 5.75 Å². The van der Waals surface area contributed by atoms with Gasteiger partial charge in [-0.1, -0.05) is 50.6 Å². The SMILES string of the molecule is C=CC(=O)OCCCCCCOc1ccc(C(=O)OC2=c3nc(/C=C/C=Nc4ccc(C#N)cc4)oc3=C(c3ccc(C4CCC(CCC)CC4)cc3)C3N=C(/C=C/C=Nc4ccc(C#N)cc4)OC23)cc1. The van der Waals surface area contributed by atoms with E-state index in [-0.39, 0.29) is 17.2 Å². The average molecular weight is 961 g/mol. The Kier molecular flexibility index (Phi) is 17.3. The molecule has 2 atom stereocenters. The molecule has 0 N–H and O–H groups in total. The van der Waals surface area contributed by atoms with Crippen molar-refractivity contribution in [3.63, 3.8) is 0 Å². The van der Waals surface area contributed by atoms with Gasteiger partial charge in [-0.15, -0.1) is 0 Å². The summed E-state index contributed by atoms with van der Waals surface area (Å²) in [6, 6.07) is 32.8. The van der Waals surface area contributed by atoms with E-state index in [4.69, 9.17) is 33.3 Å². The maximum Gasteiger partial charge on any atom is 0.343 e. The molecule has 1 aromatic heterocycles. The molecule has 1 fully saturated rings. The summed E-state index contributed by atoms with van der Waals surface area (Å²) in [4.78, 5) is 44.4. The monoisotopic (exact) mass is 960 g/mol. The number of oxazole rings is 1. The van der Waals surface area contributed by atoms with E-state index in [1.54, 1.807) is 110 Å². The molecule has 2 aliphatic carbocycles. The third-order valence-corrected chi connectivity index (χ3v) is 12.8. The number of carbonyl (C=O) groups is 2. The van der Waals surface area contributed by atoms with Crippen molar-refractivity contribution in [3.05, 3.63) is 172 Å². The van der Waals surface area contributed by atoms with Gasteiger partial charge in [0, 0.05) is 36.2 Å². The van der Waals surface area contributed by atoms with Gasteiger partial charge in [0.15, 0.2) is 22.6 Å². The van der Waals surface area contributed by atoms with Crippen LogP contribution in [0.2, 0.25) is 0 Å². The normalized spacial score (nSPS) is 18.3. The molecule has 1 saturated carbocycles. The first-order valence-electron chi connectivity index (χ1n) is 24.6. The molecule has 13 nitrogen and oxygen atoms in total. The Morgan fingerprint density at radius 1 is 0.792 bits per heavy atom. The molecule has 0 saturated heterocycles. The molecule has 1 aliphatic heterocycles. The van der Waals surface area contributed by atoms with Gasteiger partial charge in [-0.2, -0.15) is 10.5 Å². The third-order valence-electron chi connectivity index (χ3n) is 12.8. The summed E-state index contributed by atoms with van der Waals surface area (Å²) in [7, 11) is 0. The molecule has 0 amide bonds. The van der Waals surface area contributed by atoms with E-state index in [2.05, 4.69) is 59.9 Å². The number of unbranched alkanes of at least 4 members (excludes halogenated alkanes) is 3. The Balaban J connectivity index is 1.09. The van der Waals surface area contributed by atoms with Crippen molar-refractivity contribution >= 4 is 59.0 Å². The largest absolute Gasteiger partial charge is 0.494 e. The van der Waals surface area contributed by atoms with Crippen LogP contribution in [0.4, 0.5) is 11.4 Å². The smallest absolute Gasteiger partial charge is 0.343 e. The van der Waals surface area contributed by atoms with Crippen LogP contribution in [0.25, 0.3) is 17.4 Å². The standard InChI is InChI=1S/C59H56N6O7/c1-3-11-40-14-20-43(21-15-40)44-22-24-45(25-23-44)53-54-57(71-50(64-54)12-9-34-62-47-28-16-41(38-60)17-29-47)58(55-56(53)70-51(65-55)13-10-35-63-48-30-18-42(39-61)19-31-48)72-59(67)46-26-32-49(33-27-46)68-36-7-5-6-8-37-69-52(66)4-2/h4,9-10,12-13,16-19,22-35,40,43,54,57H,2-3,5-8,11,14-15,20-21,36-37H2,1H3/b12-9+,13-10+,62-34?,63-35?. The maximum absolute atomic E-state index is 14.1. The van der Waals surface area contributed by atoms with Crippen LogP contribution in [-0.2, 0) is 19.0 Å². The van der Waals surface area contributed by atoms with Crippen LogP contribution in [0.1, 0.15) is 116 Å². The molecule has 364 valence electrons. The summed E-state index contributed by atoms with van der Waals surface area (Å²) in [5, 5.41) is 18.7. The molecule has 2 unspecified atom stereocenters. The molecule has 0 bridgehead atoms. The molecule has 5 aromatic rings. The lowest BCUT2D eigenvalue weighted by molar-refractivity contribution is -0.137. The first kappa shape index (κ1) is 50.0. The number of allylic oxidation sites excluding steroid dienone is 2. The Morgan fingerprint density at radius 2 is 1.43 bits per heavy atom. The van der Waals surface area contributed by atoms with Crippen molar-refractivity contribution in [2.24, 2.45) is 20.9 Å². The molecule has 72 heavy (non-hydrogen) atoms. The number of nitriles is 2. The molecular formula is C59H56N6O7. The van der Waals surface area contributed by atoms with Crippen LogP contribution in [-0.4, -0.2) is 60.6 Å². The van der Waals surface area contributed by atoms with Crippen molar-refractivity contribution in [2.45, 2.75) is 89.2 Å². The number of carbonyl (C=O) groups excluding carboxylic acids is 2. The summed E-state index contributed by atoms with van der Waals surface area (Å²) < 4.78 is 30.5. The second-order valence-electron chi connectivity index (χ2n) is 17.7. The molecule has 8 rings (SSSR count). The van der Waals surface area contributed by atoms with Gasteiger partial charge < -0.3 is 23.4 Å². The highest BCUT2D eigenvalue weighted by Gasteiger charge is 2.44. The average Bonchev–Trinajstić information content (AvgIpc) is 4.05. The van der Waals surface area contributed by atoms with Crippen LogP contribution in [0.3, 0.4) is 0 Å². The van der Waals surface area contributed by atoms with Gasteiger partial charge in [0.1, 0.15) is 11.8 Å². The molecule has 3 aliphatic rings. The summed E-state index contributed by atoms with van der Waals surface area (Å²) in [5.41, 5.74) is 6.04. The van der Waals surface area contributed by atoms with Crippen LogP contribution < -0.4 is 15.5 Å². The number of benzene rings is 4. The van der Waals surface area contributed by atoms with Crippen LogP contribution >= 0.6 is 0 Å². The highest BCUT2D eigenvalue weighted by atomic mass is 16.6. The van der Waals surface area contributed by atoms with Crippen LogP contribution in [0.15, 0.2) is 147 Å². The maximum atomic E-state index is 14.1. The Morgan fingerprint density at radius 3 is 2.06 bits per heavy atom. The second kappa shape index (κ2) is 24.9. The minimum absolute atomic E-state index is 0.150. The van der Waals surface area contributed by atoms with E-state index in [1.807, 2.05) is 0 Å². The number of hydrogen-bond donors (Lipinski definition) is 0. The van der Waals surface area contributed by atoms with E-state index in [9.17, 15) is 20.1 Å². The fourth-order valence-corrected chi connectivity index (χ4v) is 9.07. The van der Waals surface area contributed by atoms with Crippen molar-refractivity contribution in [2.75, 3.05) is 13.2 Å². The predicted molar refractivity (Wildman–Crippen MR) is 278 cm³/mol. The minimum atomic E-state index is -0.892. The second-order valence-corrected chi connectivity index (χ2v) is 17.7. The number of ether oxygens (including phenoxy) is 4. The zero-order chi connectivity index (χ0) is 50.1. The lowest BCUT2D eigenvalue weighted by atomic mass is 9.77. The van der Waals surface area contributed by atoms with Crippen molar-refractivity contribution < 1.29 is 33.0 Å². The van der Waals surface area contributed by atoms with Gasteiger partial charge in [-0.25, -0.2) is 19.6 Å². The van der Waals surface area contributed by atoms with Crippen molar-refractivity contribution in [3.8, 4) is 17.9 Å². The number of aromatic nitrogens is 1. The quantitative estimate of drug-likeness (QED) is 0.0297. The molecule has 0 radical (unpaired) electrons. The summed E-state index contributed by atoms with van der Waals surface area (Å²) in [6.07, 6.45) is 21.0. The number of rotatable bonds is 21. The summed E-state index contributed by atoms with van der Waals surface area (Å²) in [5.74, 6) is 1.55. The van der Waals surface area contributed by atoms with E-state index in [0.717, 1.165) is 48.8 Å². The first-order chi connectivity index (χ1) is 35.3. The summed E-state index contributed by atoms with van der Waals surface area (Å²) >= 11 is 0. The third kappa shape index (κ3) is 13.1. The van der Waals surface area contributed by atoms with E-state index in [0.29, 0.717) is 64.0 Å². The fraction of sp³-hybridized carbons (Fsp3) is 0.288. The van der Waals surface area contributed by atoms with E-state index >= 15 is 0 Å². The Labute approximate surface area is 419 Å². The van der Waals surface area contributed by atoms with Crippen molar-refractivity contribution in [1.82, 2.24) is 4.98 Å². The number of nitrogens with zero attached hydrogens (tertiary/aromatic N) is 6. The Bertz CT molecular complexity index is 3070. The number of fused-ring (bicyclic) bond motifs is 2. The topological polar surface area (TPSA) is 182 Å². The van der Waals surface area contributed by atoms with Crippen molar-refractivity contribution in [1.29, 1.82) is 10.5 Å². The van der Waals surface area contributed by atoms with Gasteiger partial charge in [-0.3, -0.25) is 9.98 Å². The highest BCUT2D eigenvalue weighted by molar-refractivity contribution is 5.97. The van der Waals surface area contributed by atoms with Gasteiger partial charge in [0.05, 0.1) is 53.4 Å². The highest BCUT2D eigenvalue weighted by Crippen LogP contribution is 2.39. The van der Waals surface area contributed by atoms with Gasteiger partial charge in [0.2, 0.25) is 11.8 Å². The Hall–Kier alpha value is -8.42. The number of hydrogen-bond acceptors (Lipinski definition) is 13. The zero-order valence-corrected chi connectivity index (χ0v) is 40.3. The predicted octanol–water partition coefficient (Wildman–Crippen LogP) is 10.9. The number of esters is 2. The van der Waals surface area contributed by atoms with Gasteiger partial charge in [0.25, 0.3) is 0 Å². The number of aliphatic imine (C=N–C) groups is 3. The molecule has 4 aromatic carbocycles. The molecular weight excluding hydrogens is 905 g/mol.